The van der Waals surface area contributed by atoms with Crippen molar-refractivity contribution in [3.8, 4) is 10.4 Å². The van der Waals surface area contributed by atoms with E-state index in [1.807, 2.05) is 11.3 Å². The molecule has 0 aliphatic carbocycles. The summed E-state index contributed by atoms with van der Waals surface area (Å²) in [5.74, 6) is 0. The quantitative estimate of drug-likeness (QED) is 0.225. The van der Waals surface area contributed by atoms with E-state index in [0.29, 0.717) is 0 Å². The fraction of sp³-hybridized carbons (Fsp3) is 0. The van der Waals surface area contributed by atoms with Crippen LogP contribution in [0.1, 0.15) is 0 Å². The molecule has 166 valence electrons. The minimum Gasteiger partial charge on any atom is -0.375 e. The van der Waals surface area contributed by atoms with Crippen molar-refractivity contribution in [3.05, 3.63) is 115 Å². The number of para-hydroxylation sites is 3. The molecule has 0 fully saturated rings. The Morgan fingerprint density at radius 3 is 2.31 bits per heavy atom. The second-order valence-electron chi connectivity index (χ2n) is 9.75. The average Bonchev–Trinajstić information content (AvgIpc) is 3.53. The standard InChI is InChI=1S/C32H19BN2S/c1-2-10-21(11-3-1)34-27-16-7-6-15-26(27)33-29-28(34)19-36-32(29)25-14-8-13-23-24-18-17-20-9-4-5-12-22(20)30(24)35(33)31(23)25/h1-19H. The number of nitrogens with zero attached hydrogens (tertiary/aromatic N) is 2. The molecule has 0 N–H and O–H groups in total. The van der Waals surface area contributed by atoms with Crippen LogP contribution >= 0.6 is 11.3 Å². The average molecular weight is 474 g/mol. The van der Waals surface area contributed by atoms with Gasteiger partial charge in [-0.15, -0.1) is 11.3 Å². The number of fused-ring (bicyclic) bond motifs is 9. The molecule has 0 spiro atoms. The van der Waals surface area contributed by atoms with Crippen molar-refractivity contribution in [3.63, 3.8) is 0 Å². The summed E-state index contributed by atoms with van der Waals surface area (Å²) in [4.78, 5) is 3.85. The highest BCUT2D eigenvalue weighted by Crippen LogP contribution is 2.48. The molecule has 0 amide bonds. The van der Waals surface area contributed by atoms with Crippen LogP contribution in [0, 0.1) is 0 Å². The second kappa shape index (κ2) is 6.69. The summed E-state index contributed by atoms with van der Waals surface area (Å²) in [5.41, 5.74) is 10.6. The number of aromatic nitrogens is 1. The van der Waals surface area contributed by atoms with Gasteiger partial charge in [-0.1, -0.05) is 91.0 Å². The topological polar surface area (TPSA) is 8.17 Å². The van der Waals surface area contributed by atoms with Crippen LogP contribution in [-0.2, 0) is 0 Å². The first kappa shape index (κ1) is 19.0. The molecule has 2 aromatic heterocycles. The van der Waals surface area contributed by atoms with Crippen LogP contribution in [0.15, 0.2) is 115 Å². The van der Waals surface area contributed by atoms with Gasteiger partial charge >= 0.3 is 6.85 Å². The fourth-order valence-corrected chi connectivity index (χ4v) is 7.74. The van der Waals surface area contributed by atoms with E-state index in [4.69, 9.17) is 0 Å². The highest BCUT2D eigenvalue weighted by Gasteiger charge is 2.43. The lowest BCUT2D eigenvalue weighted by molar-refractivity contribution is 1.27. The molecule has 0 saturated carbocycles. The first-order valence-corrected chi connectivity index (χ1v) is 13.3. The van der Waals surface area contributed by atoms with Crippen LogP contribution in [0.3, 0.4) is 0 Å². The lowest BCUT2D eigenvalue weighted by atomic mass is 9.46. The third-order valence-electron chi connectivity index (χ3n) is 8.02. The number of hydrogen-bond acceptors (Lipinski definition) is 2. The summed E-state index contributed by atoms with van der Waals surface area (Å²) < 4.78 is 2.65. The molecule has 2 nitrogen and oxygen atoms in total. The molecule has 2 aliphatic heterocycles. The minimum atomic E-state index is 0.137. The first-order chi connectivity index (χ1) is 17.9. The van der Waals surface area contributed by atoms with Crippen LogP contribution in [0.25, 0.3) is 43.0 Å². The summed E-state index contributed by atoms with van der Waals surface area (Å²) in [6.07, 6.45) is 0. The van der Waals surface area contributed by atoms with Crippen molar-refractivity contribution < 1.29 is 0 Å². The molecule has 4 heteroatoms. The van der Waals surface area contributed by atoms with Crippen LogP contribution in [0.5, 0.6) is 0 Å². The van der Waals surface area contributed by atoms with Crippen molar-refractivity contribution in [2.75, 3.05) is 4.90 Å². The summed E-state index contributed by atoms with van der Waals surface area (Å²) in [6.45, 7) is 0.137. The van der Waals surface area contributed by atoms with Gasteiger partial charge in [-0.2, -0.15) is 0 Å². The van der Waals surface area contributed by atoms with Crippen molar-refractivity contribution in [1.29, 1.82) is 0 Å². The normalized spacial score (nSPS) is 13.4. The Kier molecular flexibility index (Phi) is 3.52. The molecular formula is C32H19BN2S. The molecule has 0 saturated heterocycles. The van der Waals surface area contributed by atoms with Crippen LogP contribution in [0.2, 0.25) is 0 Å². The van der Waals surface area contributed by atoms with Gasteiger partial charge in [0.25, 0.3) is 0 Å². The largest absolute Gasteiger partial charge is 0.375 e. The molecule has 5 aromatic carbocycles. The Labute approximate surface area is 212 Å². The zero-order valence-corrected chi connectivity index (χ0v) is 20.2. The van der Waals surface area contributed by atoms with Crippen molar-refractivity contribution in [2.24, 2.45) is 0 Å². The third-order valence-corrected chi connectivity index (χ3v) is 9.04. The van der Waals surface area contributed by atoms with Crippen molar-refractivity contribution in [2.45, 2.75) is 0 Å². The summed E-state index contributed by atoms with van der Waals surface area (Å²) >= 11 is 1.88. The van der Waals surface area contributed by atoms with E-state index in [1.165, 1.54) is 71.0 Å². The summed E-state index contributed by atoms with van der Waals surface area (Å²) in [6, 6.07) is 40.0. The van der Waals surface area contributed by atoms with Crippen LogP contribution in [-0.4, -0.2) is 11.3 Å². The van der Waals surface area contributed by atoms with Crippen molar-refractivity contribution >= 4 is 78.8 Å². The Morgan fingerprint density at radius 2 is 1.36 bits per heavy atom. The Balaban J connectivity index is 1.49. The SMILES string of the molecule is c1ccc(N2c3ccccc3B3c4c2csc4-c2cccc4c5ccc6ccccc6c5n3c24)cc1. The van der Waals surface area contributed by atoms with Gasteiger partial charge < -0.3 is 9.38 Å². The van der Waals surface area contributed by atoms with Gasteiger partial charge in [-0.3, -0.25) is 0 Å². The molecule has 4 heterocycles. The van der Waals surface area contributed by atoms with Crippen molar-refractivity contribution in [1.82, 2.24) is 4.48 Å². The van der Waals surface area contributed by atoms with E-state index in [0.717, 1.165) is 0 Å². The van der Waals surface area contributed by atoms with Gasteiger partial charge in [0.2, 0.25) is 0 Å². The highest BCUT2D eigenvalue weighted by molar-refractivity contribution is 7.17. The third kappa shape index (κ3) is 2.19. The molecule has 0 radical (unpaired) electrons. The lowest BCUT2D eigenvalue weighted by Gasteiger charge is -2.37. The molecule has 2 aliphatic rings. The smallest absolute Gasteiger partial charge is 0.333 e. The monoisotopic (exact) mass is 474 g/mol. The fourth-order valence-electron chi connectivity index (χ4n) is 6.64. The summed E-state index contributed by atoms with van der Waals surface area (Å²) in [7, 11) is 0. The maximum Gasteiger partial charge on any atom is 0.333 e. The van der Waals surface area contributed by atoms with Crippen LogP contribution in [0.4, 0.5) is 17.1 Å². The minimum absolute atomic E-state index is 0.137. The van der Waals surface area contributed by atoms with Gasteiger partial charge in [-0.05, 0) is 34.5 Å². The maximum absolute atomic E-state index is 2.65. The van der Waals surface area contributed by atoms with Gasteiger partial charge in [0.1, 0.15) is 0 Å². The van der Waals surface area contributed by atoms with Gasteiger partial charge in [0.15, 0.2) is 0 Å². The molecule has 0 bridgehead atoms. The number of rotatable bonds is 1. The molecule has 7 aromatic rings. The van der Waals surface area contributed by atoms with E-state index in [9.17, 15) is 0 Å². The zero-order chi connectivity index (χ0) is 23.4. The Hall–Kier alpha value is -4.28. The van der Waals surface area contributed by atoms with Gasteiger partial charge in [-0.25, -0.2) is 0 Å². The van der Waals surface area contributed by atoms with E-state index in [-0.39, 0.29) is 6.85 Å². The van der Waals surface area contributed by atoms with E-state index in [2.05, 4.69) is 124 Å². The molecule has 0 atom stereocenters. The zero-order valence-electron chi connectivity index (χ0n) is 19.3. The maximum atomic E-state index is 2.65. The molecular weight excluding hydrogens is 455 g/mol. The molecule has 36 heavy (non-hydrogen) atoms. The number of anilines is 3. The first-order valence-electron chi connectivity index (χ1n) is 12.4. The van der Waals surface area contributed by atoms with E-state index >= 15 is 0 Å². The summed E-state index contributed by atoms with van der Waals surface area (Å²) in [5, 5.41) is 7.66. The van der Waals surface area contributed by atoms with E-state index < -0.39 is 0 Å². The molecule has 0 unspecified atom stereocenters. The molecule has 9 rings (SSSR count). The van der Waals surface area contributed by atoms with Gasteiger partial charge in [0, 0.05) is 54.4 Å². The van der Waals surface area contributed by atoms with Crippen LogP contribution < -0.4 is 15.8 Å². The second-order valence-corrected chi connectivity index (χ2v) is 10.6. The highest BCUT2D eigenvalue weighted by atomic mass is 32.1. The predicted molar refractivity (Wildman–Crippen MR) is 155 cm³/mol. The number of hydrogen-bond donors (Lipinski definition) is 0. The number of benzene rings is 5. The van der Waals surface area contributed by atoms with E-state index in [1.54, 1.807) is 0 Å². The predicted octanol–water partition coefficient (Wildman–Crippen LogP) is 7.43. The van der Waals surface area contributed by atoms with Gasteiger partial charge in [0.05, 0.1) is 5.69 Å². The Bertz CT molecular complexity index is 2020. The lowest BCUT2D eigenvalue weighted by Crippen LogP contribution is -2.55. The Morgan fingerprint density at radius 1 is 0.583 bits per heavy atom. The number of thiophene rings is 1.